The third-order valence-electron chi connectivity index (χ3n) is 6.02. The Morgan fingerprint density at radius 3 is 2.39 bits per heavy atom. The molecule has 1 unspecified atom stereocenters. The molecule has 1 atom stereocenters. The lowest BCUT2D eigenvalue weighted by Crippen LogP contribution is -2.23. The van der Waals surface area contributed by atoms with E-state index in [9.17, 15) is 14.7 Å². The number of halogens is 1. The summed E-state index contributed by atoms with van der Waals surface area (Å²) >= 11 is 6.31. The van der Waals surface area contributed by atoms with Crippen LogP contribution in [0.5, 0.6) is 11.5 Å². The Bertz CT molecular complexity index is 1280. The molecule has 36 heavy (non-hydrogen) atoms. The Balaban J connectivity index is 2.16. The van der Waals surface area contributed by atoms with E-state index in [0.29, 0.717) is 34.1 Å². The summed E-state index contributed by atoms with van der Waals surface area (Å²) in [4.78, 5) is 26.3. The van der Waals surface area contributed by atoms with Crippen molar-refractivity contribution in [2.24, 2.45) is 5.92 Å². The van der Waals surface area contributed by atoms with Gasteiger partial charge in [0, 0.05) is 34.5 Å². The van der Waals surface area contributed by atoms with Crippen LogP contribution >= 0.6 is 11.6 Å². The fourth-order valence-corrected chi connectivity index (χ4v) is 4.07. The lowest BCUT2D eigenvalue weighted by atomic mass is 9.91. The Morgan fingerprint density at radius 2 is 1.75 bits per heavy atom. The number of aromatic nitrogens is 1. The molecule has 0 spiro atoms. The molecule has 0 amide bonds. The second-order valence-corrected chi connectivity index (χ2v) is 9.22. The number of hydrogen-bond acceptors (Lipinski definition) is 6. The zero-order chi connectivity index (χ0) is 26.4. The number of benzene rings is 2. The van der Waals surface area contributed by atoms with Gasteiger partial charge in [-0.25, -0.2) is 4.79 Å². The van der Waals surface area contributed by atoms with E-state index in [1.807, 2.05) is 26.0 Å². The van der Waals surface area contributed by atoms with Crippen LogP contribution < -0.4 is 15.0 Å². The fraction of sp³-hybridized carbons (Fsp3) is 0.357. The van der Waals surface area contributed by atoms with Gasteiger partial charge in [0.1, 0.15) is 11.5 Å². The first-order valence-corrected chi connectivity index (χ1v) is 12.2. The second-order valence-electron chi connectivity index (χ2n) is 8.78. The number of carbonyl (C=O) groups excluding carboxylic acids is 1. The van der Waals surface area contributed by atoms with E-state index in [1.165, 1.54) is 16.8 Å². The highest BCUT2D eigenvalue weighted by atomic mass is 35.5. The molecule has 0 fully saturated rings. The zero-order valence-corrected chi connectivity index (χ0v) is 22.0. The fourth-order valence-electron chi connectivity index (χ4n) is 3.90. The number of aliphatic hydroxyl groups excluding tert-OH is 1. The number of carbonyl (C=O) groups is 1. The summed E-state index contributed by atoms with van der Waals surface area (Å²) in [7, 11) is 3.11. The van der Waals surface area contributed by atoms with Crippen molar-refractivity contribution < 1.29 is 24.1 Å². The smallest absolute Gasteiger partial charge is 0.340 e. The summed E-state index contributed by atoms with van der Waals surface area (Å²) in [6.07, 6.45) is 1.25. The second kappa shape index (κ2) is 12.1. The molecule has 3 rings (SSSR count). The summed E-state index contributed by atoms with van der Waals surface area (Å²) in [5, 5.41) is 11.0. The number of esters is 1. The van der Waals surface area contributed by atoms with E-state index >= 15 is 0 Å². The van der Waals surface area contributed by atoms with Crippen molar-refractivity contribution >= 4 is 17.6 Å². The average Bonchev–Trinajstić information content (AvgIpc) is 2.86. The zero-order valence-electron chi connectivity index (χ0n) is 21.2. The number of nitrogens with zero attached hydrogens (tertiary/aromatic N) is 1. The van der Waals surface area contributed by atoms with E-state index in [0.717, 1.165) is 11.1 Å². The Labute approximate surface area is 216 Å². The first-order chi connectivity index (χ1) is 17.2. The molecule has 0 saturated carbocycles. The first-order valence-electron chi connectivity index (χ1n) is 11.8. The largest absolute Gasteiger partial charge is 0.497 e. The molecule has 1 N–H and O–H groups in total. The van der Waals surface area contributed by atoms with E-state index in [2.05, 4.69) is 0 Å². The Kier molecular flexibility index (Phi) is 9.18. The van der Waals surface area contributed by atoms with E-state index in [4.69, 9.17) is 25.8 Å². The quantitative estimate of drug-likeness (QED) is 0.385. The van der Waals surface area contributed by atoms with Gasteiger partial charge >= 0.3 is 5.97 Å². The topological polar surface area (TPSA) is 87.0 Å². The van der Waals surface area contributed by atoms with Crippen LogP contribution in [0.15, 0.2) is 53.5 Å². The van der Waals surface area contributed by atoms with Crippen LogP contribution in [0.3, 0.4) is 0 Å². The van der Waals surface area contributed by atoms with Crippen molar-refractivity contribution in [3.63, 3.8) is 0 Å². The maximum absolute atomic E-state index is 13.3. The first kappa shape index (κ1) is 27.3. The molecule has 0 saturated heterocycles. The van der Waals surface area contributed by atoms with Gasteiger partial charge in [0.05, 0.1) is 39.0 Å². The van der Waals surface area contributed by atoms with Gasteiger partial charge in [-0.15, -0.1) is 0 Å². The summed E-state index contributed by atoms with van der Waals surface area (Å²) in [5.74, 6) is 0.661. The van der Waals surface area contributed by atoms with E-state index in [1.54, 1.807) is 45.4 Å². The number of ether oxygens (including phenoxy) is 3. The standard InChI is InChI=1S/C28H32ClNO6/c1-6-36-28(33)24-16-30(15-19-8-10-21(34-4)13-26(19)35-5)27(32)14-23(24)22-12-20(29)9-7-18(22)11-25(31)17(2)3/h7-10,12-14,16-17,25,31H,6,11,15H2,1-5H3. The van der Waals surface area contributed by atoms with Crippen LogP contribution in [-0.4, -0.2) is 42.6 Å². The van der Waals surface area contributed by atoms with Crippen LogP contribution in [0.25, 0.3) is 11.1 Å². The predicted molar refractivity (Wildman–Crippen MR) is 140 cm³/mol. The lowest BCUT2D eigenvalue weighted by Gasteiger charge is -2.19. The van der Waals surface area contributed by atoms with Crippen molar-refractivity contribution in [1.29, 1.82) is 0 Å². The van der Waals surface area contributed by atoms with Gasteiger partial charge in [-0.05, 0) is 54.7 Å². The van der Waals surface area contributed by atoms with Gasteiger partial charge in [-0.3, -0.25) is 4.79 Å². The molecule has 0 bridgehead atoms. The molecular weight excluding hydrogens is 482 g/mol. The van der Waals surface area contributed by atoms with Crippen LogP contribution in [-0.2, 0) is 17.7 Å². The molecular formula is C28H32ClNO6. The number of pyridine rings is 1. The van der Waals surface area contributed by atoms with Crippen LogP contribution in [0.4, 0.5) is 0 Å². The van der Waals surface area contributed by atoms with Gasteiger partial charge in [-0.2, -0.15) is 0 Å². The number of methoxy groups -OCH3 is 2. The van der Waals surface area contributed by atoms with Gasteiger partial charge in [-0.1, -0.05) is 31.5 Å². The molecule has 0 aliphatic carbocycles. The minimum absolute atomic E-state index is 0.0329. The number of aliphatic hydroxyl groups is 1. The number of hydrogen-bond donors (Lipinski definition) is 1. The van der Waals surface area contributed by atoms with Crippen LogP contribution in [0.1, 0.15) is 42.3 Å². The highest BCUT2D eigenvalue weighted by molar-refractivity contribution is 6.31. The molecule has 0 radical (unpaired) electrons. The van der Waals surface area contributed by atoms with Crippen LogP contribution in [0.2, 0.25) is 5.02 Å². The SMILES string of the molecule is CCOC(=O)c1cn(Cc2ccc(OC)cc2OC)c(=O)cc1-c1cc(Cl)ccc1CC(O)C(C)C. The molecule has 0 aliphatic rings. The summed E-state index contributed by atoms with van der Waals surface area (Å²) in [5.41, 5.74) is 2.45. The summed E-state index contributed by atoms with van der Waals surface area (Å²) < 4.78 is 17.5. The van der Waals surface area contributed by atoms with Gasteiger partial charge in [0.15, 0.2) is 0 Å². The van der Waals surface area contributed by atoms with Gasteiger partial charge < -0.3 is 23.9 Å². The van der Waals surface area contributed by atoms with Crippen molar-refractivity contribution in [2.75, 3.05) is 20.8 Å². The molecule has 2 aromatic carbocycles. The monoisotopic (exact) mass is 513 g/mol. The Morgan fingerprint density at radius 1 is 1.03 bits per heavy atom. The summed E-state index contributed by atoms with van der Waals surface area (Å²) in [6.45, 7) is 5.93. The average molecular weight is 514 g/mol. The molecule has 1 aromatic heterocycles. The molecule has 8 heteroatoms. The molecule has 3 aromatic rings. The minimum Gasteiger partial charge on any atom is -0.497 e. The molecule has 0 aliphatic heterocycles. The van der Waals surface area contributed by atoms with Crippen molar-refractivity contribution in [3.8, 4) is 22.6 Å². The Hall–Kier alpha value is -3.29. The molecule has 192 valence electrons. The van der Waals surface area contributed by atoms with Crippen molar-refractivity contribution in [1.82, 2.24) is 4.57 Å². The van der Waals surface area contributed by atoms with Gasteiger partial charge in [0.2, 0.25) is 0 Å². The third kappa shape index (κ3) is 6.28. The molecule has 1 heterocycles. The molecule has 7 nitrogen and oxygen atoms in total. The maximum Gasteiger partial charge on any atom is 0.340 e. The highest BCUT2D eigenvalue weighted by Gasteiger charge is 2.21. The maximum atomic E-state index is 13.3. The summed E-state index contributed by atoms with van der Waals surface area (Å²) in [6, 6.07) is 12.0. The third-order valence-corrected chi connectivity index (χ3v) is 6.25. The minimum atomic E-state index is -0.598. The van der Waals surface area contributed by atoms with Crippen molar-refractivity contribution in [2.45, 2.75) is 39.8 Å². The van der Waals surface area contributed by atoms with E-state index < -0.39 is 12.1 Å². The lowest BCUT2D eigenvalue weighted by molar-refractivity contribution is 0.0526. The van der Waals surface area contributed by atoms with Gasteiger partial charge in [0.25, 0.3) is 5.56 Å². The van der Waals surface area contributed by atoms with Crippen molar-refractivity contribution in [3.05, 3.63) is 80.7 Å². The normalized spacial score (nSPS) is 11.9. The highest BCUT2D eigenvalue weighted by Crippen LogP contribution is 2.32. The predicted octanol–water partition coefficient (Wildman–Crippen LogP) is 4.97. The van der Waals surface area contributed by atoms with E-state index in [-0.39, 0.29) is 30.2 Å². The number of rotatable bonds is 10. The van der Waals surface area contributed by atoms with Crippen LogP contribution in [0, 0.1) is 5.92 Å².